The fraction of sp³-hybridized carbons (Fsp3) is 0.600. The Bertz CT molecular complexity index is 633. The van der Waals surface area contributed by atoms with Crippen LogP contribution in [0.2, 0.25) is 5.02 Å². The number of hydrogen-bond donors (Lipinski definition) is 1. The number of amides is 2. The summed E-state index contributed by atoms with van der Waals surface area (Å²) < 4.78 is 5.65. The third-order valence-electron chi connectivity index (χ3n) is 4.38. The van der Waals surface area contributed by atoms with Gasteiger partial charge in [0.25, 0.3) is 0 Å². The topological polar surface area (TPSA) is 58.6 Å². The molecule has 1 N–H and O–H groups in total. The van der Waals surface area contributed by atoms with E-state index in [9.17, 15) is 9.59 Å². The standard InChI is InChI=1S/C20H29ClN2O3/c1-4-6-19(24)23-10-5-7-15(12-23)20(25)22-16-8-9-18(17(21)11-16)26-13-14(2)3/h8-9,11,14-15H,4-7,10,12-13H2,1-3H3,(H,22,25). The molecule has 2 amide bonds. The molecule has 1 fully saturated rings. The van der Waals surface area contributed by atoms with E-state index >= 15 is 0 Å². The molecule has 0 bridgehead atoms. The van der Waals surface area contributed by atoms with Crippen molar-refractivity contribution in [1.29, 1.82) is 0 Å². The van der Waals surface area contributed by atoms with Crippen molar-refractivity contribution in [2.75, 3.05) is 25.0 Å². The number of benzene rings is 1. The van der Waals surface area contributed by atoms with Gasteiger partial charge in [0, 0.05) is 25.2 Å². The second-order valence-electron chi connectivity index (χ2n) is 7.27. The van der Waals surface area contributed by atoms with E-state index in [2.05, 4.69) is 19.2 Å². The lowest BCUT2D eigenvalue weighted by Gasteiger charge is -2.32. The lowest BCUT2D eigenvalue weighted by Crippen LogP contribution is -2.43. The van der Waals surface area contributed by atoms with Crippen LogP contribution in [-0.4, -0.2) is 36.4 Å². The van der Waals surface area contributed by atoms with E-state index in [-0.39, 0.29) is 17.7 Å². The van der Waals surface area contributed by atoms with E-state index < -0.39 is 0 Å². The zero-order chi connectivity index (χ0) is 19.1. The van der Waals surface area contributed by atoms with Gasteiger partial charge in [-0.05, 0) is 43.4 Å². The number of hydrogen-bond acceptors (Lipinski definition) is 3. The first kappa shape index (κ1) is 20.6. The van der Waals surface area contributed by atoms with Gasteiger partial charge in [0.05, 0.1) is 17.5 Å². The molecule has 0 saturated carbocycles. The van der Waals surface area contributed by atoms with Crippen LogP contribution >= 0.6 is 11.6 Å². The number of anilines is 1. The normalized spacial score (nSPS) is 17.3. The highest BCUT2D eigenvalue weighted by Gasteiger charge is 2.28. The van der Waals surface area contributed by atoms with Crippen LogP contribution in [0.15, 0.2) is 18.2 Å². The molecule has 1 aromatic carbocycles. The smallest absolute Gasteiger partial charge is 0.229 e. The number of nitrogens with one attached hydrogen (secondary N) is 1. The number of rotatable bonds is 7. The SMILES string of the molecule is CCCC(=O)N1CCCC(C(=O)Nc2ccc(OCC(C)C)c(Cl)c2)C1. The van der Waals surface area contributed by atoms with Crippen molar-refractivity contribution in [2.24, 2.45) is 11.8 Å². The van der Waals surface area contributed by atoms with Gasteiger partial charge in [-0.15, -0.1) is 0 Å². The zero-order valence-electron chi connectivity index (χ0n) is 15.9. The van der Waals surface area contributed by atoms with Crippen molar-refractivity contribution >= 4 is 29.1 Å². The monoisotopic (exact) mass is 380 g/mol. The van der Waals surface area contributed by atoms with Crippen LogP contribution < -0.4 is 10.1 Å². The molecular formula is C20H29ClN2O3. The molecule has 1 saturated heterocycles. The van der Waals surface area contributed by atoms with Crippen LogP contribution in [0.25, 0.3) is 0 Å². The average molecular weight is 381 g/mol. The van der Waals surface area contributed by atoms with Crippen molar-refractivity contribution in [1.82, 2.24) is 4.90 Å². The summed E-state index contributed by atoms with van der Waals surface area (Å²) in [5.74, 6) is 0.924. The fourth-order valence-corrected chi connectivity index (χ4v) is 3.22. The minimum Gasteiger partial charge on any atom is -0.492 e. The van der Waals surface area contributed by atoms with Gasteiger partial charge in [0.15, 0.2) is 0 Å². The first-order chi connectivity index (χ1) is 12.4. The highest BCUT2D eigenvalue weighted by Crippen LogP contribution is 2.29. The first-order valence-corrected chi connectivity index (χ1v) is 9.79. The van der Waals surface area contributed by atoms with Crippen molar-refractivity contribution in [3.8, 4) is 5.75 Å². The maximum absolute atomic E-state index is 12.6. The van der Waals surface area contributed by atoms with Crippen LogP contribution in [-0.2, 0) is 9.59 Å². The molecule has 1 unspecified atom stereocenters. The summed E-state index contributed by atoms with van der Waals surface area (Å²) in [5.41, 5.74) is 0.647. The highest BCUT2D eigenvalue weighted by atomic mass is 35.5. The molecule has 1 aromatic rings. The quantitative estimate of drug-likeness (QED) is 0.764. The largest absolute Gasteiger partial charge is 0.492 e. The van der Waals surface area contributed by atoms with Gasteiger partial charge in [0.1, 0.15) is 5.75 Å². The number of nitrogens with zero attached hydrogens (tertiary/aromatic N) is 1. The van der Waals surface area contributed by atoms with Crippen molar-refractivity contribution in [3.05, 3.63) is 23.2 Å². The van der Waals surface area contributed by atoms with Gasteiger partial charge in [-0.1, -0.05) is 32.4 Å². The first-order valence-electron chi connectivity index (χ1n) is 9.41. The van der Waals surface area contributed by atoms with Gasteiger partial charge in [-0.25, -0.2) is 0 Å². The number of likely N-dealkylation sites (tertiary alicyclic amines) is 1. The Morgan fingerprint density at radius 3 is 2.81 bits per heavy atom. The Hall–Kier alpha value is -1.75. The Morgan fingerprint density at radius 1 is 1.38 bits per heavy atom. The number of carbonyl (C=O) groups is 2. The molecule has 1 atom stereocenters. The van der Waals surface area contributed by atoms with E-state index in [1.54, 1.807) is 18.2 Å². The molecule has 0 aromatic heterocycles. The number of carbonyl (C=O) groups excluding carboxylic acids is 2. The molecule has 144 valence electrons. The lowest BCUT2D eigenvalue weighted by molar-refractivity contribution is -0.134. The van der Waals surface area contributed by atoms with Crippen LogP contribution in [0.4, 0.5) is 5.69 Å². The van der Waals surface area contributed by atoms with Crippen molar-refractivity contribution in [2.45, 2.75) is 46.5 Å². The van der Waals surface area contributed by atoms with Gasteiger partial charge >= 0.3 is 0 Å². The predicted molar refractivity (Wildman–Crippen MR) is 105 cm³/mol. The van der Waals surface area contributed by atoms with Gasteiger partial charge in [-0.2, -0.15) is 0 Å². The van der Waals surface area contributed by atoms with Crippen LogP contribution in [0.5, 0.6) is 5.75 Å². The molecule has 2 rings (SSSR count). The van der Waals surface area contributed by atoms with E-state index in [0.29, 0.717) is 41.9 Å². The molecule has 0 radical (unpaired) electrons. The van der Waals surface area contributed by atoms with E-state index in [4.69, 9.17) is 16.3 Å². The fourth-order valence-electron chi connectivity index (χ4n) is 2.99. The number of ether oxygens (including phenoxy) is 1. The maximum Gasteiger partial charge on any atom is 0.229 e. The van der Waals surface area contributed by atoms with Crippen molar-refractivity contribution in [3.63, 3.8) is 0 Å². The summed E-state index contributed by atoms with van der Waals surface area (Å²) >= 11 is 6.25. The van der Waals surface area contributed by atoms with Gasteiger partial charge in [-0.3, -0.25) is 9.59 Å². The molecule has 5 nitrogen and oxygen atoms in total. The minimum atomic E-state index is -0.180. The summed E-state index contributed by atoms with van der Waals surface area (Å²) in [4.78, 5) is 26.5. The summed E-state index contributed by atoms with van der Waals surface area (Å²) in [5, 5.41) is 3.40. The van der Waals surface area contributed by atoms with E-state index in [1.165, 1.54) is 0 Å². The Labute approximate surface area is 161 Å². The highest BCUT2D eigenvalue weighted by molar-refractivity contribution is 6.32. The second kappa shape index (κ2) is 9.81. The number of piperidine rings is 1. The third-order valence-corrected chi connectivity index (χ3v) is 4.68. The molecule has 0 spiro atoms. The Kier molecular flexibility index (Phi) is 7.76. The summed E-state index contributed by atoms with van der Waals surface area (Å²) in [6.45, 7) is 7.96. The molecule has 1 aliphatic rings. The third kappa shape index (κ3) is 5.90. The minimum absolute atomic E-state index is 0.0640. The second-order valence-corrected chi connectivity index (χ2v) is 7.68. The summed E-state index contributed by atoms with van der Waals surface area (Å²) in [6, 6.07) is 5.28. The molecule has 26 heavy (non-hydrogen) atoms. The van der Waals surface area contributed by atoms with Crippen LogP contribution in [0.3, 0.4) is 0 Å². The number of halogens is 1. The Balaban J connectivity index is 1.94. The lowest BCUT2D eigenvalue weighted by atomic mass is 9.96. The molecule has 1 heterocycles. The van der Waals surface area contributed by atoms with E-state index in [1.807, 2.05) is 11.8 Å². The van der Waals surface area contributed by atoms with Crippen LogP contribution in [0.1, 0.15) is 46.5 Å². The maximum atomic E-state index is 12.6. The summed E-state index contributed by atoms with van der Waals surface area (Å²) in [7, 11) is 0. The van der Waals surface area contributed by atoms with Gasteiger partial charge in [0.2, 0.25) is 11.8 Å². The van der Waals surface area contributed by atoms with Crippen molar-refractivity contribution < 1.29 is 14.3 Å². The molecule has 1 aliphatic heterocycles. The zero-order valence-corrected chi connectivity index (χ0v) is 16.6. The summed E-state index contributed by atoms with van der Waals surface area (Å²) in [6.07, 6.45) is 3.03. The molecule has 0 aliphatic carbocycles. The predicted octanol–water partition coefficient (Wildman–Crippen LogP) is 4.35. The molecule has 6 heteroatoms. The van der Waals surface area contributed by atoms with Crippen LogP contribution in [0, 0.1) is 11.8 Å². The average Bonchev–Trinajstić information content (AvgIpc) is 2.61. The van der Waals surface area contributed by atoms with E-state index in [0.717, 1.165) is 25.8 Å². The van der Waals surface area contributed by atoms with Gasteiger partial charge < -0.3 is 15.0 Å². The Morgan fingerprint density at radius 2 is 2.15 bits per heavy atom. The molecular weight excluding hydrogens is 352 g/mol.